The summed E-state index contributed by atoms with van der Waals surface area (Å²) in [6.07, 6.45) is 2.14. The molecule has 2 fully saturated rings. The number of aryl methyl sites for hydroxylation is 1. The number of anilines is 2. The smallest absolute Gasteiger partial charge is 0.321 e. The second kappa shape index (κ2) is 9.85. The summed E-state index contributed by atoms with van der Waals surface area (Å²) in [5.41, 5.74) is 4.55. The van der Waals surface area contributed by atoms with Crippen LogP contribution in [0.2, 0.25) is 0 Å². The molecule has 2 aliphatic rings. The average Bonchev–Trinajstić information content (AvgIpc) is 3.25. The number of fused-ring (bicyclic) bond motifs is 1. The Balaban J connectivity index is 1.16. The Morgan fingerprint density at radius 2 is 1.76 bits per heavy atom. The van der Waals surface area contributed by atoms with Gasteiger partial charge in [-0.05, 0) is 48.9 Å². The maximum absolute atomic E-state index is 12.9. The van der Waals surface area contributed by atoms with E-state index in [4.69, 9.17) is 4.74 Å². The minimum absolute atomic E-state index is 0.0232. The molecule has 3 aromatic rings. The summed E-state index contributed by atoms with van der Waals surface area (Å²) in [5.74, 6) is 0. The van der Waals surface area contributed by atoms with Crippen molar-refractivity contribution in [3.8, 4) is 0 Å². The number of benzene rings is 2. The number of amides is 2. The van der Waals surface area contributed by atoms with Gasteiger partial charge in [0.1, 0.15) is 0 Å². The zero-order valence-corrected chi connectivity index (χ0v) is 19.4. The zero-order chi connectivity index (χ0) is 22.6. The lowest BCUT2D eigenvalue weighted by Crippen LogP contribution is -2.50. The molecule has 33 heavy (non-hydrogen) atoms. The number of hydrogen-bond donors (Lipinski definition) is 1. The third-order valence-electron chi connectivity index (χ3n) is 6.72. The second-order valence-corrected chi connectivity index (χ2v) is 8.98. The van der Waals surface area contributed by atoms with Gasteiger partial charge in [0.25, 0.3) is 0 Å². The van der Waals surface area contributed by atoms with Crippen molar-refractivity contribution < 1.29 is 9.53 Å². The molecule has 2 saturated heterocycles. The van der Waals surface area contributed by atoms with Crippen LogP contribution in [-0.4, -0.2) is 79.4 Å². The van der Waals surface area contributed by atoms with Crippen LogP contribution in [0.15, 0.2) is 54.7 Å². The first-order valence-electron chi connectivity index (χ1n) is 11.9. The zero-order valence-electron chi connectivity index (χ0n) is 19.4. The fourth-order valence-electron chi connectivity index (χ4n) is 4.74. The highest BCUT2D eigenvalue weighted by Crippen LogP contribution is 2.22. The van der Waals surface area contributed by atoms with Crippen LogP contribution >= 0.6 is 0 Å². The predicted molar refractivity (Wildman–Crippen MR) is 133 cm³/mol. The van der Waals surface area contributed by atoms with Gasteiger partial charge in [0.05, 0.1) is 13.2 Å². The van der Waals surface area contributed by atoms with Crippen molar-refractivity contribution >= 4 is 28.3 Å². The molecular weight excluding hydrogens is 414 g/mol. The van der Waals surface area contributed by atoms with Crippen LogP contribution in [0.3, 0.4) is 0 Å². The number of aromatic nitrogens is 1. The van der Waals surface area contributed by atoms with Crippen LogP contribution in [0.4, 0.5) is 16.2 Å². The van der Waals surface area contributed by atoms with Gasteiger partial charge in [-0.1, -0.05) is 12.1 Å². The van der Waals surface area contributed by atoms with Gasteiger partial charge in [-0.2, -0.15) is 0 Å². The Morgan fingerprint density at radius 3 is 2.55 bits per heavy atom. The molecule has 0 saturated carbocycles. The molecule has 7 heteroatoms. The molecule has 1 N–H and O–H groups in total. The van der Waals surface area contributed by atoms with Crippen molar-refractivity contribution in [1.29, 1.82) is 0 Å². The van der Waals surface area contributed by atoms with Crippen LogP contribution < -0.4 is 10.2 Å². The van der Waals surface area contributed by atoms with Crippen LogP contribution in [0, 0.1) is 6.92 Å². The molecule has 3 heterocycles. The van der Waals surface area contributed by atoms with E-state index in [1.165, 1.54) is 16.8 Å². The number of hydrogen-bond acceptors (Lipinski definition) is 4. The maximum atomic E-state index is 12.9. The maximum Gasteiger partial charge on any atom is 0.321 e. The fourth-order valence-corrected chi connectivity index (χ4v) is 4.74. The van der Waals surface area contributed by atoms with Gasteiger partial charge in [0, 0.05) is 80.8 Å². The Labute approximate surface area is 195 Å². The van der Waals surface area contributed by atoms with Crippen molar-refractivity contribution in [3.63, 3.8) is 0 Å². The Kier molecular flexibility index (Phi) is 6.51. The normalized spacial score (nSPS) is 17.5. The summed E-state index contributed by atoms with van der Waals surface area (Å²) in [6.45, 7) is 10.9. The first-order chi connectivity index (χ1) is 16.2. The number of urea groups is 1. The fraction of sp³-hybridized carbons (Fsp3) is 0.423. The number of piperazine rings is 1. The lowest BCUT2D eigenvalue weighted by atomic mass is 10.2. The van der Waals surface area contributed by atoms with Gasteiger partial charge >= 0.3 is 6.03 Å². The summed E-state index contributed by atoms with van der Waals surface area (Å²) in [4.78, 5) is 19.6. The first-order valence-corrected chi connectivity index (χ1v) is 11.9. The molecule has 0 spiro atoms. The predicted octanol–water partition coefficient (Wildman–Crippen LogP) is 3.64. The molecule has 2 aromatic carbocycles. The van der Waals surface area contributed by atoms with E-state index in [9.17, 15) is 4.79 Å². The molecule has 5 rings (SSSR count). The molecule has 0 aliphatic carbocycles. The highest BCUT2D eigenvalue weighted by Gasteiger charge is 2.21. The number of nitrogens with one attached hydrogen (secondary N) is 1. The van der Waals surface area contributed by atoms with Gasteiger partial charge in [-0.3, -0.25) is 4.90 Å². The van der Waals surface area contributed by atoms with Crippen molar-refractivity contribution in [2.75, 3.05) is 69.2 Å². The number of carbonyl (C=O) groups is 1. The molecule has 2 aliphatic heterocycles. The standard InChI is InChI=1S/C26H33N5O2/c1-21-3-2-4-24(19-21)29-11-13-31(14-12-29)26(32)27-23-5-6-25-22(20-23)7-8-30(25)10-9-28-15-17-33-18-16-28/h2-8,19-20H,9-18H2,1H3,(H,27,32). The van der Waals surface area contributed by atoms with E-state index in [0.717, 1.165) is 76.6 Å². The SMILES string of the molecule is Cc1cccc(N2CCN(C(=O)Nc3ccc4c(ccn4CCN4CCOCC4)c3)CC2)c1. The van der Waals surface area contributed by atoms with Crippen LogP contribution in [0.1, 0.15) is 5.56 Å². The molecular formula is C26H33N5O2. The average molecular weight is 448 g/mol. The van der Waals surface area contributed by atoms with E-state index < -0.39 is 0 Å². The van der Waals surface area contributed by atoms with Gasteiger partial charge < -0.3 is 24.4 Å². The van der Waals surface area contributed by atoms with E-state index in [1.54, 1.807) is 0 Å². The first kappa shape index (κ1) is 21.8. The van der Waals surface area contributed by atoms with Crippen molar-refractivity contribution in [2.24, 2.45) is 0 Å². The molecule has 1 aromatic heterocycles. The number of ether oxygens (including phenoxy) is 1. The van der Waals surface area contributed by atoms with Gasteiger partial charge in [0.15, 0.2) is 0 Å². The number of morpholine rings is 1. The highest BCUT2D eigenvalue weighted by atomic mass is 16.5. The van der Waals surface area contributed by atoms with Crippen molar-refractivity contribution in [2.45, 2.75) is 13.5 Å². The molecule has 2 amide bonds. The number of carbonyl (C=O) groups excluding carboxylic acids is 1. The highest BCUT2D eigenvalue weighted by molar-refractivity contribution is 5.93. The Morgan fingerprint density at radius 1 is 0.939 bits per heavy atom. The second-order valence-electron chi connectivity index (χ2n) is 8.98. The third-order valence-corrected chi connectivity index (χ3v) is 6.72. The molecule has 0 unspecified atom stereocenters. The van der Waals surface area contributed by atoms with Crippen LogP contribution in [-0.2, 0) is 11.3 Å². The van der Waals surface area contributed by atoms with Crippen LogP contribution in [0.5, 0.6) is 0 Å². The van der Waals surface area contributed by atoms with E-state index in [1.807, 2.05) is 11.0 Å². The summed E-state index contributed by atoms with van der Waals surface area (Å²) < 4.78 is 7.73. The molecule has 174 valence electrons. The van der Waals surface area contributed by atoms with E-state index >= 15 is 0 Å². The summed E-state index contributed by atoms with van der Waals surface area (Å²) >= 11 is 0. The topological polar surface area (TPSA) is 53.0 Å². The molecule has 0 atom stereocenters. The summed E-state index contributed by atoms with van der Waals surface area (Å²) in [6, 6.07) is 16.9. The number of nitrogens with zero attached hydrogens (tertiary/aromatic N) is 4. The van der Waals surface area contributed by atoms with Crippen LogP contribution in [0.25, 0.3) is 10.9 Å². The van der Waals surface area contributed by atoms with Gasteiger partial charge in [0.2, 0.25) is 0 Å². The summed E-state index contributed by atoms with van der Waals surface area (Å²) in [5, 5.41) is 4.25. The quantitative estimate of drug-likeness (QED) is 0.649. The number of rotatable bonds is 5. The van der Waals surface area contributed by atoms with Gasteiger partial charge in [-0.15, -0.1) is 0 Å². The Hall–Kier alpha value is -3.03. The summed E-state index contributed by atoms with van der Waals surface area (Å²) in [7, 11) is 0. The Bertz CT molecular complexity index is 1100. The van der Waals surface area contributed by atoms with E-state index in [0.29, 0.717) is 0 Å². The minimum Gasteiger partial charge on any atom is -0.379 e. The largest absolute Gasteiger partial charge is 0.379 e. The lowest BCUT2D eigenvalue weighted by molar-refractivity contribution is 0.0365. The molecule has 7 nitrogen and oxygen atoms in total. The monoisotopic (exact) mass is 447 g/mol. The molecule has 0 radical (unpaired) electrons. The van der Waals surface area contributed by atoms with Crippen molar-refractivity contribution in [1.82, 2.24) is 14.4 Å². The van der Waals surface area contributed by atoms with Gasteiger partial charge in [-0.25, -0.2) is 4.79 Å². The van der Waals surface area contributed by atoms with E-state index in [-0.39, 0.29) is 6.03 Å². The van der Waals surface area contributed by atoms with E-state index in [2.05, 4.69) is 75.3 Å². The molecule has 0 bridgehead atoms. The lowest BCUT2D eigenvalue weighted by Gasteiger charge is -2.36. The minimum atomic E-state index is -0.0232. The third kappa shape index (κ3) is 5.15. The van der Waals surface area contributed by atoms with Crippen molar-refractivity contribution in [3.05, 3.63) is 60.3 Å².